The van der Waals surface area contributed by atoms with Crippen molar-refractivity contribution < 1.29 is 9.53 Å². The van der Waals surface area contributed by atoms with Crippen molar-refractivity contribution in [3.8, 4) is 0 Å². The average molecular weight is 229 g/mol. The third-order valence-corrected chi connectivity index (χ3v) is 3.51. The Bertz CT molecular complexity index is 403. The Hall–Kier alpha value is -0.680. The standard InChI is InChI=1S/C9H11NO2S2/c1-2-12-7(11)9(3-4-9)6-5-14-8(13)10-6/h5H,2-4H2,1H3,(H,10,13). The van der Waals surface area contributed by atoms with E-state index < -0.39 is 5.41 Å². The van der Waals surface area contributed by atoms with E-state index in [0.717, 1.165) is 22.5 Å². The lowest BCUT2D eigenvalue weighted by Crippen LogP contribution is -2.23. The molecule has 1 aromatic heterocycles. The number of hydrogen-bond acceptors (Lipinski definition) is 4. The van der Waals surface area contributed by atoms with Gasteiger partial charge in [0.15, 0.2) is 3.95 Å². The Kier molecular flexibility index (Phi) is 2.45. The van der Waals surface area contributed by atoms with Gasteiger partial charge in [-0.15, -0.1) is 11.3 Å². The maximum atomic E-state index is 11.7. The van der Waals surface area contributed by atoms with E-state index in [9.17, 15) is 4.79 Å². The normalized spacial score (nSPS) is 17.8. The topological polar surface area (TPSA) is 42.1 Å². The summed E-state index contributed by atoms with van der Waals surface area (Å²) >= 11 is 6.45. The Morgan fingerprint density at radius 2 is 2.50 bits per heavy atom. The first-order chi connectivity index (χ1) is 6.69. The Morgan fingerprint density at radius 1 is 1.79 bits per heavy atom. The molecule has 0 saturated heterocycles. The number of rotatable bonds is 3. The zero-order valence-electron chi connectivity index (χ0n) is 7.83. The second kappa shape index (κ2) is 3.47. The minimum absolute atomic E-state index is 0.121. The second-order valence-corrected chi connectivity index (χ2v) is 4.91. The van der Waals surface area contributed by atoms with Gasteiger partial charge in [-0.3, -0.25) is 4.79 Å². The van der Waals surface area contributed by atoms with Gasteiger partial charge in [0.25, 0.3) is 0 Å². The van der Waals surface area contributed by atoms with Gasteiger partial charge in [0.1, 0.15) is 5.41 Å². The highest BCUT2D eigenvalue weighted by atomic mass is 32.1. The van der Waals surface area contributed by atoms with Gasteiger partial charge in [-0.05, 0) is 32.0 Å². The Morgan fingerprint density at radius 3 is 2.93 bits per heavy atom. The summed E-state index contributed by atoms with van der Waals surface area (Å²) in [7, 11) is 0. The number of thiazole rings is 1. The molecule has 2 rings (SSSR count). The number of carbonyl (C=O) groups excluding carboxylic acids is 1. The van der Waals surface area contributed by atoms with Crippen molar-refractivity contribution in [3.63, 3.8) is 0 Å². The van der Waals surface area contributed by atoms with Crippen molar-refractivity contribution in [2.75, 3.05) is 6.61 Å². The van der Waals surface area contributed by atoms with Crippen LogP contribution in [0.25, 0.3) is 0 Å². The zero-order valence-corrected chi connectivity index (χ0v) is 9.46. The van der Waals surface area contributed by atoms with Gasteiger partial charge in [0.2, 0.25) is 0 Å². The average Bonchev–Trinajstić information content (AvgIpc) is 2.85. The number of aromatic nitrogens is 1. The molecular formula is C9H11NO2S2. The van der Waals surface area contributed by atoms with Gasteiger partial charge in [0, 0.05) is 11.1 Å². The highest BCUT2D eigenvalue weighted by Crippen LogP contribution is 2.48. The predicted molar refractivity (Wildman–Crippen MR) is 57.0 cm³/mol. The van der Waals surface area contributed by atoms with Crippen LogP contribution in [-0.4, -0.2) is 17.6 Å². The lowest BCUT2D eigenvalue weighted by molar-refractivity contribution is -0.146. The molecule has 1 saturated carbocycles. The molecule has 1 N–H and O–H groups in total. The van der Waals surface area contributed by atoms with Crippen molar-refractivity contribution in [2.24, 2.45) is 0 Å². The maximum absolute atomic E-state index is 11.7. The van der Waals surface area contributed by atoms with E-state index in [4.69, 9.17) is 17.0 Å². The molecule has 1 aromatic rings. The van der Waals surface area contributed by atoms with Crippen molar-refractivity contribution >= 4 is 29.5 Å². The van der Waals surface area contributed by atoms with E-state index in [1.807, 2.05) is 12.3 Å². The molecule has 0 unspecified atom stereocenters. The van der Waals surface area contributed by atoms with Crippen LogP contribution in [-0.2, 0) is 14.9 Å². The van der Waals surface area contributed by atoms with Crippen LogP contribution in [0.4, 0.5) is 0 Å². The van der Waals surface area contributed by atoms with Gasteiger partial charge in [-0.25, -0.2) is 0 Å². The number of esters is 1. The molecule has 0 aromatic carbocycles. The SMILES string of the molecule is CCOC(=O)C1(c2csc(=S)[nH]2)CC1. The molecule has 1 fully saturated rings. The maximum Gasteiger partial charge on any atom is 0.318 e. The number of carbonyl (C=O) groups is 1. The third-order valence-electron chi connectivity index (χ3n) is 2.45. The van der Waals surface area contributed by atoms with Crippen LogP contribution in [0.2, 0.25) is 0 Å². The van der Waals surface area contributed by atoms with Crippen molar-refractivity contribution in [3.05, 3.63) is 15.0 Å². The lowest BCUT2D eigenvalue weighted by atomic mass is 10.0. The number of aromatic amines is 1. The number of hydrogen-bond donors (Lipinski definition) is 1. The van der Waals surface area contributed by atoms with Crippen LogP contribution in [0, 0.1) is 3.95 Å². The Labute approximate surface area is 91.1 Å². The van der Waals surface area contributed by atoms with Gasteiger partial charge >= 0.3 is 5.97 Å². The summed E-state index contributed by atoms with van der Waals surface area (Å²) in [6.45, 7) is 2.26. The van der Waals surface area contributed by atoms with Crippen LogP contribution >= 0.6 is 23.6 Å². The molecule has 3 nitrogen and oxygen atoms in total. The van der Waals surface area contributed by atoms with Gasteiger partial charge in [-0.1, -0.05) is 0 Å². The van der Waals surface area contributed by atoms with E-state index >= 15 is 0 Å². The van der Waals surface area contributed by atoms with Crippen LogP contribution in [0.1, 0.15) is 25.5 Å². The summed E-state index contributed by atoms with van der Waals surface area (Å²) in [5.74, 6) is -0.121. The van der Waals surface area contributed by atoms with Crippen molar-refractivity contribution in [1.29, 1.82) is 0 Å². The first-order valence-corrected chi connectivity index (χ1v) is 5.83. The predicted octanol–water partition coefficient (Wildman–Crippen LogP) is 2.40. The molecule has 14 heavy (non-hydrogen) atoms. The smallest absolute Gasteiger partial charge is 0.318 e. The Balaban J connectivity index is 2.25. The number of ether oxygens (including phenoxy) is 1. The highest BCUT2D eigenvalue weighted by Gasteiger charge is 2.53. The largest absolute Gasteiger partial charge is 0.465 e. The fourth-order valence-electron chi connectivity index (χ4n) is 1.49. The number of H-pyrrole nitrogens is 1. The summed E-state index contributed by atoms with van der Waals surface area (Å²) in [4.78, 5) is 14.7. The fraction of sp³-hybridized carbons (Fsp3) is 0.556. The van der Waals surface area contributed by atoms with E-state index in [0.29, 0.717) is 6.61 Å². The third kappa shape index (κ3) is 1.50. The molecule has 1 heterocycles. The van der Waals surface area contributed by atoms with Gasteiger partial charge in [-0.2, -0.15) is 0 Å². The van der Waals surface area contributed by atoms with E-state index in [1.165, 1.54) is 11.3 Å². The van der Waals surface area contributed by atoms with Crippen LogP contribution in [0.3, 0.4) is 0 Å². The van der Waals surface area contributed by atoms with Crippen LogP contribution < -0.4 is 0 Å². The molecule has 0 amide bonds. The molecule has 0 aliphatic heterocycles. The monoisotopic (exact) mass is 229 g/mol. The van der Waals surface area contributed by atoms with Gasteiger partial charge in [0.05, 0.1) is 6.61 Å². The van der Waals surface area contributed by atoms with E-state index in [2.05, 4.69) is 4.98 Å². The summed E-state index contributed by atoms with van der Waals surface area (Å²) < 4.78 is 5.76. The highest BCUT2D eigenvalue weighted by molar-refractivity contribution is 7.73. The molecule has 5 heteroatoms. The summed E-state index contributed by atoms with van der Waals surface area (Å²) in [5.41, 5.74) is 0.523. The molecule has 0 spiro atoms. The fourth-order valence-corrected chi connectivity index (χ4v) is 2.42. The van der Waals surface area contributed by atoms with Gasteiger partial charge < -0.3 is 9.72 Å². The minimum Gasteiger partial charge on any atom is -0.465 e. The molecule has 76 valence electrons. The first kappa shape index (κ1) is 9.86. The van der Waals surface area contributed by atoms with Crippen molar-refractivity contribution in [2.45, 2.75) is 25.2 Å². The molecule has 0 radical (unpaired) electrons. The zero-order chi connectivity index (χ0) is 10.2. The van der Waals surface area contributed by atoms with Crippen molar-refractivity contribution in [1.82, 2.24) is 4.98 Å². The summed E-state index contributed by atoms with van der Waals surface area (Å²) in [5, 5.41) is 1.92. The van der Waals surface area contributed by atoms with E-state index in [1.54, 1.807) is 0 Å². The molecule has 0 atom stereocenters. The van der Waals surface area contributed by atoms with Crippen LogP contribution in [0.5, 0.6) is 0 Å². The molecular weight excluding hydrogens is 218 g/mol. The lowest BCUT2D eigenvalue weighted by Gasteiger charge is -2.10. The minimum atomic E-state index is -0.399. The first-order valence-electron chi connectivity index (χ1n) is 4.54. The molecule has 0 bridgehead atoms. The molecule has 1 aliphatic carbocycles. The quantitative estimate of drug-likeness (QED) is 0.639. The second-order valence-electron chi connectivity index (χ2n) is 3.36. The van der Waals surface area contributed by atoms with Crippen LogP contribution in [0.15, 0.2) is 5.38 Å². The summed E-state index contributed by atoms with van der Waals surface area (Å²) in [6, 6.07) is 0. The summed E-state index contributed by atoms with van der Waals surface area (Å²) in [6.07, 6.45) is 1.74. The molecule has 1 aliphatic rings. The number of nitrogens with one attached hydrogen (secondary N) is 1. The van der Waals surface area contributed by atoms with E-state index in [-0.39, 0.29) is 5.97 Å².